The molecule has 0 radical (unpaired) electrons. The first kappa shape index (κ1) is 30.0. The van der Waals surface area contributed by atoms with Gasteiger partial charge in [0.05, 0.1) is 29.1 Å². The molecule has 0 saturated heterocycles. The third kappa shape index (κ3) is 8.24. The molecule has 0 aliphatic carbocycles. The number of amides is 3. The normalized spacial score (nSPS) is 18.8. The van der Waals surface area contributed by atoms with Crippen molar-refractivity contribution >= 4 is 40.8 Å². The summed E-state index contributed by atoms with van der Waals surface area (Å²) in [5, 5.41) is 16.5. The van der Waals surface area contributed by atoms with Gasteiger partial charge in [0.15, 0.2) is 0 Å². The van der Waals surface area contributed by atoms with Crippen LogP contribution in [0.25, 0.3) is 0 Å². The van der Waals surface area contributed by atoms with Gasteiger partial charge >= 0.3 is 6.03 Å². The van der Waals surface area contributed by atoms with Crippen LogP contribution in [0.15, 0.2) is 36.4 Å². The van der Waals surface area contributed by atoms with Crippen LogP contribution in [0, 0.1) is 5.92 Å². The number of ether oxygens (including phenoxy) is 1. The number of nitrogens with one attached hydrogen (secondary N) is 2. The molecule has 10 heteroatoms. The van der Waals surface area contributed by atoms with Gasteiger partial charge in [-0.3, -0.25) is 9.69 Å². The van der Waals surface area contributed by atoms with Crippen LogP contribution in [0.1, 0.15) is 38.8 Å². The highest BCUT2D eigenvalue weighted by atomic mass is 35.5. The molecule has 0 spiro atoms. The molecule has 1 heterocycles. The Kier molecular flexibility index (Phi) is 10.7. The second-order valence-corrected chi connectivity index (χ2v) is 11.2. The Morgan fingerprint density at radius 2 is 1.92 bits per heavy atom. The van der Waals surface area contributed by atoms with Crippen LogP contribution in [-0.4, -0.2) is 71.8 Å². The molecule has 3 rings (SSSR count). The number of aliphatic hydroxyl groups excluding tert-OH is 1. The number of aliphatic hydroxyl groups is 1. The Balaban J connectivity index is 1.87. The minimum Gasteiger partial charge on any atom is -0.488 e. The van der Waals surface area contributed by atoms with Gasteiger partial charge in [0, 0.05) is 42.8 Å². The third-order valence-corrected chi connectivity index (χ3v) is 7.26. The molecule has 208 valence electrons. The summed E-state index contributed by atoms with van der Waals surface area (Å²) in [7, 11) is 2.01. The van der Waals surface area contributed by atoms with E-state index >= 15 is 0 Å². The van der Waals surface area contributed by atoms with Gasteiger partial charge < -0.3 is 25.4 Å². The molecule has 0 unspecified atom stereocenters. The van der Waals surface area contributed by atoms with Crippen LogP contribution >= 0.6 is 23.2 Å². The smallest absolute Gasteiger partial charge is 0.319 e. The number of anilines is 1. The summed E-state index contributed by atoms with van der Waals surface area (Å²) in [5.41, 5.74) is 2.28. The van der Waals surface area contributed by atoms with E-state index in [1.165, 1.54) is 0 Å². The number of rotatable bonds is 8. The molecule has 3 N–H and O–H groups in total. The molecule has 8 nitrogen and oxygen atoms in total. The molecule has 38 heavy (non-hydrogen) atoms. The number of benzene rings is 2. The monoisotopic (exact) mass is 564 g/mol. The lowest BCUT2D eigenvalue weighted by Gasteiger charge is -2.34. The van der Waals surface area contributed by atoms with Gasteiger partial charge in [0.25, 0.3) is 0 Å². The second kappa shape index (κ2) is 13.5. The summed E-state index contributed by atoms with van der Waals surface area (Å²) in [6, 6.07) is 10.3. The summed E-state index contributed by atoms with van der Waals surface area (Å²) in [6.45, 7) is 9.20. The molecular weight excluding hydrogens is 527 g/mol. The molecule has 2 aromatic rings. The third-order valence-electron chi connectivity index (χ3n) is 6.52. The van der Waals surface area contributed by atoms with Gasteiger partial charge in [-0.25, -0.2) is 4.79 Å². The number of nitrogens with zero attached hydrogens (tertiary/aromatic N) is 2. The summed E-state index contributed by atoms with van der Waals surface area (Å²) in [6.07, 6.45) is -0.150. The molecule has 0 saturated carbocycles. The summed E-state index contributed by atoms with van der Waals surface area (Å²) < 4.78 is 6.56. The number of carbonyl (C=O) groups excluding carboxylic acids is 2. The number of carbonyl (C=O) groups is 2. The summed E-state index contributed by atoms with van der Waals surface area (Å²) in [5.74, 6) is 0.480. The van der Waals surface area contributed by atoms with Crippen molar-refractivity contribution in [1.29, 1.82) is 0 Å². The fourth-order valence-corrected chi connectivity index (χ4v) is 4.80. The SMILES string of the molecule is CC(C)NC(=O)Nc1ccc2c(c1)CC(=O)N([C@@H](C)CO)C[C@H](C)[C@H](CN(C)Cc1ccc(Cl)c(Cl)c1)O2. The number of hydrogen-bond acceptors (Lipinski definition) is 5. The molecular formula is C28H38Cl2N4O4. The number of halogens is 2. The minimum absolute atomic E-state index is 0.00979. The molecule has 1 aliphatic rings. The first-order valence-corrected chi connectivity index (χ1v) is 13.6. The quantitative estimate of drug-likeness (QED) is 0.428. The molecule has 3 atom stereocenters. The van der Waals surface area contributed by atoms with Crippen molar-refractivity contribution < 1.29 is 19.4 Å². The van der Waals surface area contributed by atoms with E-state index in [0.29, 0.717) is 46.7 Å². The van der Waals surface area contributed by atoms with Crippen molar-refractivity contribution in [3.63, 3.8) is 0 Å². The maximum atomic E-state index is 13.4. The molecule has 3 amide bonds. The Labute approximate surface area is 235 Å². The summed E-state index contributed by atoms with van der Waals surface area (Å²) in [4.78, 5) is 29.5. The molecule has 1 aliphatic heterocycles. The predicted octanol–water partition coefficient (Wildman–Crippen LogP) is 4.80. The first-order chi connectivity index (χ1) is 18.0. The number of likely N-dealkylation sites (N-methyl/N-ethyl adjacent to an activating group) is 1. The van der Waals surface area contributed by atoms with Crippen LogP contribution in [0.5, 0.6) is 5.75 Å². The highest BCUT2D eigenvalue weighted by Crippen LogP contribution is 2.30. The topological polar surface area (TPSA) is 94.1 Å². The fraction of sp³-hybridized carbons (Fsp3) is 0.500. The van der Waals surface area contributed by atoms with Crippen molar-refractivity contribution in [2.75, 3.05) is 32.1 Å². The maximum absolute atomic E-state index is 13.4. The van der Waals surface area contributed by atoms with Crippen molar-refractivity contribution in [3.05, 3.63) is 57.6 Å². The fourth-order valence-electron chi connectivity index (χ4n) is 4.48. The summed E-state index contributed by atoms with van der Waals surface area (Å²) >= 11 is 12.3. The van der Waals surface area contributed by atoms with E-state index in [2.05, 4.69) is 22.5 Å². The van der Waals surface area contributed by atoms with Crippen LogP contribution < -0.4 is 15.4 Å². The van der Waals surface area contributed by atoms with E-state index in [4.69, 9.17) is 27.9 Å². The average Bonchev–Trinajstić information content (AvgIpc) is 2.88. The van der Waals surface area contributed by atoms with Crippen molar-refractivity contribution in [2.24, 2.45) is 5.92 Å². The lowest BCUT2D eigenvalue weighted by atomic mass is 10.0. The van der Waals surface area contributed by atoms with E-state index in [0.717, 1.165) is 5.56 Å². The Bertz CT molecular complexity index is 1130. The van der Waals surface area contributed by atoms with Gasteiger partial charge in [-0.15, -0.1) is 0 Å². The van der Waals surface area contributed by atoms with E-state index in [9.17, 15) is 14.7 Å². The molecule has 0 aromatic heterocycles. The van der Waals surface area contributed by atoms with Crippen LogP contribution in [-0.2, 0) is 17.8 Å². The van der Waals surface area contributed by atoms with Crippen LogP contribution in [0.3, 0.4) is 0 Å². The average molecular weight is 566 g/mol. The van der Waals surface area contributed by atoms with Gasteiger partial charge in [0.2, 0.25) is 5.91 Å². The molecule has 0 fully saturated rings. The number of hydrogen-bond donors (Lipinski definition) is 3. The van der Waals surface area contributed by atoms with Gasteiger partial charge in [0.1, 0.15) is 11.9 Å². The van der Waals surface area contributed by atoms with Gasteiger partial charge in [-0.2, -0.15) is 0 Å². The number of urea groups is 1. The Hall–Kier alpha value is -2.52. The van der Waals surface area contributed by atoms with Crippen LogP contribution in [0.2, 0.25) is 10.0 Å². The van der Waals surface area contributed by atoms with Gasteiger partial charge in [-0.05, 0) is 63.7 Å². The van der Waals surface area contributed by atoms with Crippen molar-refractivity contribution in [1.82, 2.24) is 15.1 Å². The van der Waals surface area contributed by atoms with E-state index in [1.807, 2.05) is 40.0 Å². The lowest BCUT2D eigenvalue weighted by Crippen LogP contribution is -2.47. The zero-order valence-electron chi connectivity index (χ0n) is 22.6. The first-order valence-electron chi connectivity index (χ1n) is 12.9. The standard InChI is InChI=1S/C28H38Cl2N4O4/c1-17(2)31-28(37)32-22-7-9-25-21(11-22)12-27(36)34(19(4)16-35)13-18(3)26(38-25)15-33(5)14-20-6-8-23(29)24(30)10-20/h6-11,17-19,26,35H,12-16H2,1-5H3,(H2,31,32,37)/t18-,19-,26-/m0/s1. The maximum Gasteiger partial charge on any atom is 0.319 e. The van der Waals surface area contributed by atoms with Gasteiger partial charge in [-0.1, -0.05) is 36.2 Å². The Morgan fingerprint density at radius 3 is 2.58 bits per heavy atom. The van der Waals surface area contributed by atoms with E-state index in [-0.39, 0.29) is 49.1 Å². The molecule has 0 bridgehead atoms. The molecule has 2 aromatic carbocycles. The minimum atomic E-state index is -0.334. The van der Waals surface area contributed by atoms with E-state index in [1.54, 1.807) is 29.2 Å². The van der Waals surface area contributed by atoms with Crippen molar-refractivity contribution in [2.45, 2.75) is 58.8 Å². The Morgan fingerprint density at radius 1 is 1.18 bits per heavy atom. The lowest BCUT2D eigenvalue weighted by molar-refractivity contribution is -0.134. The van der Waals surface area contributed by atoms with Crippen LogP contribution in [0.4, 0.5) is 10.5 Å². The largest absolute Gasteiger partial charge is 0.488 e. The predicted molar refractivity (Wildman–Crippen MR) is 152 cm³/mol. The second-order valence-electron chi connectivity index (χ2n) is 10.4. The van der Waals surface area contributed by atoms with E-state index < -0.39 is 0 Å². The highest BCUT2D eigenvalue weighted by Gasteiger charge is 2.31. The highest BCUT2D eigenvalue weighted by molar-refractivity contribution is 6.42. The number of fused-ring (bicyclic) bond motifs is 1. The zero-order valence-corrected chi connectivity index (χ0v) is 24.1. The van der Waals surface area contributed by atoms with Crippen molar-refractivity contribution in [3.8, 4) is 5.75 Å². The zero-order chi connectivity index (χ0) is 28.0.